The van der Waals surface area contributed by atoms with Crippen LogP contribution in [0.25, 0.3) is 11.4 Å². The van der Waals surface area contributed by atoms with E-state index in [9.17, 15) is 14.0 Å². The lowest BCUT2D eigenvalue weighted by atomic mass is 10.1. The highest BCUT2D eigenvalue weighted by Gasteiger charge is 2.35. The van der Waals surface area contributed by atoms with E-state index in [0.29, 0.717) is 28.5 Å². The van der Waals surface area contributed by atoms with Crippen LogP contribution in [0.1, 0.15) is 43.0 Å². The molecule has 1 fully saturated rings. The van der Waals surface area contributed by atoms with Crippen LogP contribution in [-0.2, 0) is 22.7 Å². The van der Waals surface area contributed by atoms with Crippen LogP contribution in [0.4, 0.5) is 4.39 Å². The minimum absolute atomic E-state index is 0.0433. The van der Waals surface area contributed by atoms with Gasteiger partial charge in [0.05, 0.1) is 13.4 Å². The first-order chi connectivity index (χ1) is 19.0. The van der Waals surface area contributed by atoms with E-state index in [2.05, 4.69) is 20.7 Å². The second-order valence-electron chi connectivity index (χ2n) is 9.43. The molecule has 5 rings (SSSR count). The second kappa shape index (κ2) is 11.9. The summed E-state index contributed by atoms with van der Waals surface area (Å²) in [7, 11) is 1.58. The number of halogens is 1. The number of nitrogens with zero attached hydrogens (tertiary/aromatic N) is 5. The van der Waals surface area contributed by atoms with Gasteiger partial charge in [-0.2, -0.15) is 4.80 Å². The predicted octanol–water partition coefficient (Wildman–Crippen LogP) is 3.91. The molecular formula is C28H29FN6O4. The van der Waals surface area contributed by atoms with Crippen molar-refractivity contribution in [2.24, 2.45) is 0 Å². The van der Waals surface area contributed by atoms with Crippen LogP contribution in [0.3, 0.4) is 0 Å². The number of ether oxygens (including phenoxy) is 1. The Morgan fingerprint density at radius 3 is 2.54 bits per heavy atom. The third-order valence-corrected chi connectivity index (χ3v) is 6.74. The van der Waals surface area contributed by atoms with E-state index in [0.717, 1.165) is 25.7 Å². The molecule has 0 bridgehead atoms. The van der Waals surface area contributed by atoms with E-state index >= 15 is 0 Å². The van der Waals surface area contributed by atoms with E-state index in [1.165, 1.54) is 28.1 Å². The first kappa shape index (κ1) is 26.1. The molecule has 10 nitrogen and oxygen atoms in total. The van der Waals surface area contributed by atoms with E-state index < -0.39 is 17.8 Å². The molecule has 2 amide bonds. The van der Waals surface area contributed by atoms with Gasteiger partial charge in [0, 0.05) is 18.2 Å². The fourth-order valence-corrected chi connectivity index (χ4v) is 4.71. The summed E-state index contributed by atoms with van der Waals surface area (Å²) in [5.41, 5.74) is 1.36. The zero-order valence-corrected chi connectivity index (χ0v) is 21.5. The van der Waals surface area contributed by atoms with Crippen LogP contribution in [0, 0.1) is 5.82 Å². The zero-order valence-electron chi connectivity index (χ0n) is 21.5. The first-order valence-corrected chi connectivity index (χ1v) is 12.8. The Kier molecular flexibility index (Phi) is 7.95. The molecule has 2 aromatic carbocycles. The van der Waals surface area contributed by atoms with Crippen molar-refractivity contribution in [2.75, 3.05) is 7.11 Å². The Morgan fingerprint density at radius 1 is 1.13 bits per heavy atom. The van der Waals surface area contributed by atoms with Crippen LogP contribution in [-0.4, -0.2) is 50.1 Å². The minimum Gasteiger partial charge on any atom is -0.497 e. The number of rotatable bonds is 10. The minimum atomic E-state index is -1.04. The third kappa shape index (κ3) is 6.31. The fourth-order valence-electron chi connectivity index (χ4n) is 4.71. The maximum Gasteiger partial charge on any atom is 0.250 e. The number of carbonyl (C=O) groups excluding carboxylic acids is 2. The number of carbonyl (C=O) groups is 2. The quantitative estimate of drug-likeness (QED) is 0.329. The molecule has 2 aromatic heterocycles. The molecule has 11 heteroatoms. The Balaban J connectivity index is 1.42. The summed E-state index contributed by atoms with van der Waals surface area (Å²) >= 11 is 0. The summed E-state index contributed by atoms with van der Waals surface area (Å²) in [6, 6.07) is 15.3. The van der Waals surface area contributed by atoms with Crippen molar-refractivity contribution in [2.45, 2.75) is 50.9 Å². The van der Waals surface area contributed by atoms with Gasteiger partial charge in [-0.1, -0.05) is 25.0 Å². The molecule has 0 saturated heterocycles. The topological polar surface area (TPSA) is 115 Å². The highest BCUT2D eigenvalue weighted by atomic mass is 19.1. The average molecular weight is 533 g/mol. The first-order valence-electron chi connectivity index (χ1n) is 12.8. The molecule has 2 heterocycles. The van der Waals surface area contributed by atoms with Gasteiger partial charge in [0.15, 0.2) is 6.04 Å². The van der Waals surface area contributed by atoms with Gasteiger partial charge in [0.1, 0.15) is 23.9 Å². The normalized spacial score (nSPS) is 14.2. The van der Waals surface area contributed by atoms with Gasteiger partial charge in [0.25, 0.3) is 5.91 Å². The van der Waals surface area contributed by atoms with Crippen LogP contribution in [0.2, 0.25) is 0 Å². The number of nitrogens with one attached hydrogen (secondary N) is 1. The fraction of sp³-hybridized carbons (Fsp3) is 0.321. The molecule has 0 radical (unpaired) electrons. The molecule has 39 heavy (non-hydrogen) atoms. The lowest BCUT2D eigenvalue weighted by molar-refractivity contribution is -0.143. The molecular weight excluding hydrogens is 503 g/mol. The number of hydrogen-bond acceptors (Lipinski definition) is 7. The number of methoxy groups -OCH3 is 1. The molecule has 1 aliphatic rings. The Labute approximate surface area is 224 Å². The van der Waals surface area contributed by atoms with Crippen LogP contribution in [0.5, 0.6) is 5.75 Å². The van der Waals surface area contributed by atoms with Crippen molar-refractivity contribution in [1.29, 1.82) is 0 Å². The molecule has 0 spiro atoms. The highest BCUT2D eigenvalue weighted by molar-refractivity contribution is 5.88. The van der Waals surface area contributed by atoms with Crippen molar-refractivity contribution < 1.29 is 23.1 Å². The summed E-state index contributed by atoms with van der Waals surface area (Å²) in [6.45, 7) is -0.221. The van der Waals surface area contributed by atoms with Crippen molar-refractivity contribution in [3.63, 3.8) is 0 Å². The number of tetrazole rings is 1. The van der Waals surface area contributed by atoms with Gasteiger partial charge in [-0.05, 0) is 72.1 Å². The van der Waals surface area contributed by atoms with Crippen molar-refractivity contribution in [1.82, 2.24) is 30.4 Å². The highest BCUT2D eigenvalue weighted by Crippen LogP contribution is 2.27. The SMILES string of the molecule is COc1ccc(-c2nnn(CC(=O)N(Cc3ccc(F)cc3)C(C(=O)NC3CCCC3)c3ccco3)n2)cc1. The molecule has 0 aliphatic heterocycles. The maximum absolute atomic E-state index is 13.8. The van der Waals surface area contributed by atoms with Gasteiger partial charge in [-0.3, -0.25) is 9.59 Å². The van der Waals surface area contributed by atoms with E-state index in [1.54, 1.807) is 55.6 Å². The van der Waals surface area contributed by atoms with E-state index in [1.807, 2.05) is 0 Å². The number of aromatic nitrogens is 4. The summed E-state index contributed by atoms with van der Waals surface area (Å²) < 4.78 is 24.4. The molecule has 1 saturated carbocycles. The van der Waals surface area contributed by atoms with Crippen molar-refractivity contribution >= 4 is 11.8 Å². The average Bonchev–Trinajstić information content (AvgIpc) is 3.74. The molecule has 1 aliphatic carbocycles. The number of furan rings is 1. The van der Waals surface area contributed by atoms with Crippen LogP contribution >= 0.6 is 0 Å². The standard InChI is InChI=1S/C28H29FN6O4/c1-38-23-14-10-20(11-15-23)27-31-33-35(32-27)18-25(36)34(17-19-8-12-21(29)13-9-19)26(24-7-4-16-39-24)28(37)30-22-5-2-3-6-22/h4,7-16,22,26H,2-3,5-6,17-18H2,1H3,(H,30,37). The zero-order chi connectivity index (χ0) is 27.2. The summed E-state index contributed by atoms with van der Waals surface area (Å²) in [6.07, 6.45) is 5.33. The van der Waals surface area contributed by atoms with Crippen LogP contribution in [0.15, 0.2) is 71.3 Å². The third-order valence-electron chi connectivity index (χ3n) is 6.74. The van der Waals surface area contributed by atoms with Crippen molar-refractivity contribution in [3.05, 3.63) is 84.1 Å². The Hall–Kier alpha value is -4.54. The Bertz CT molecular complexity index is 1380. The molecule has 202 valence electrons. The lowest BCUT2D eigenvalue weighted by Crippen LogP contribution is -2.46. The van der Waals surface area contributed by atoms with E-state index in [4.69, 9.17) is 9.15 Å². The maximum atomic E-state index is 13.8. The monoisotopic (exact) mass is 532 g/mol. The van der Waals surface area contributed by atoms with E-state index in [-0.39, 0.29) is 25.0 Å². The van der Waals surface area contributed by atoms with Crippen LogP contribution < -0.4 is 10.1 Å². The predicted molar refractivity (Wildman–Crippen MR) is 139 cm³/mol. The van der Waals surface area contributed by atoms with Crippen molar-refractivity contribution in [3.8, 4) is 17.1 Å². The second-order valence-corrected chi connectivity index (χ2v) is 9.43. The lowest BCUT2D eigenvalue weighted by Gasteiger charge is -2.30. The summed E-state index contributed by atoms with van der Waals surface area (Å²) in [4.78, 5) is 30.0. The molecule has 1 unspecified atom stereocenters. The smallest absolute Gasteiger partial charge is 0.250 e. The summed E-state index contributed by atoms with van der Waals surface area (Å²) in [5.74, 6) is 0.205. The largest absolute Gasteiger partial charge is 0.497 e. The number of benzene rings is 2. The molecule has 1 N–H and O–H groups in total. The summed E-state index contributed by atoms with van der Waals surface area (Å²) in [5, 5.41) is 15.6. The van der Waals surface area contributed by atoms with Gasteiger partial charge in [0.2, 0.25) is 11.7 Å². The Morgan fingerprint density at radius 2 is 1.87 bits per heavy atom. The van der Waals surface area contributed by atoms with Gasteiger partial charge in [-0.25, -0.2) is 4.39 Å². The molecule has 4 aromatic rings. The van der Waals surface area contributed by atoms with Gasteiger partial charge in [-0.15, -0.1) is 10.2 Å². The number of hydrogen-bond donors (Lipinski definition) is 1. The van der Waals surface area contributed by atoms with Gasteiger partial charge < -0.3 is 19.4 Å². The molecule has 1 atom stereocenters. The van der Waals surface area contributed by atoms with Gasteiger partial charge >= 0.3 is 0 Å². The number of amides is 2.